The van der Waals surface area contributed by atoms with Gasteiger partial charge in [0.1, 0.15) is 12.4 Å². The van der Waals surface area contributed by atoms with Gasteiger partial charge in [0.05, 0.1) is 22.1 Å². The molecule has 2 saturated heterocycles. The van der Waals surface area contributed by atoms with Crippen LogP contribution in [0.15, 0.2) is 206 Å². The zero-order chi connectivity index (χ0) is 80.4. The van der Waals surface area contributed by atoms with Gasteiger partial charge in [-0.3, -0.25) is 19.2 Å². The monoisotopic (exact) mass is 1820 g/mol. The summed E-state index contributed by atoms with van der Waals surface area (Å²) in [7, 11) is 0. The number of halogens is 6. The Morgan fingerprint density at radius 3 is 1.32 bits per heavy atom. The minimum absolute atomic E-state index is 0.100. The van der Waals surface area contributed by atoms with E-state index in [2.05, 4.69) is 183 Å². The van der Waals surface area contributed by atoms with Gasteiger partial charge in [-0.15, -0.1) is 0 Å². The number of ether oxygens (including phenoxy) is 1. The Bertz CT molecular complexity index is 5290. The van der Waals surface area contributed by atoms with E-state index in [0.29, 0.717) is 24.5 Å². The SMILES string of the molecule is CC(=O)c1c(C)n(CCCN2CCCC(Cc3ccccc3Cl)C2)c2c(Br)cccc12.CC(=O)c1c(C)n(CCCNC2Cc3ccccc3C2)c2c(Br)cccc12.CC(=O)c1cn(CCCN2CCCC(Cc3ccccc3Cl)C2)c2c(Br)cccc12.CC(=O)c1cn(CCCNCCOc2ccccc2)c2c(Br)cccc12. The lowest BCUT2D eigenvalue weighted by Crippen LogP contribution is -2.37. The highest BCUT2D eigenvalue weighted by Crippen LogP contribution is 2.37. The molecule has 0 radical (unpaired) electrons. The van der Waals surface area contributed by atoms with Crippen LogP contribution in [0, 0.1) is 25.7 Å². The van der Waals surface area contributed by atoms with E-state index < -0.39 is 0 Å². The lowest BCUT2D eigenvalue weighted by atomic mass is 9.91. The van der Waals surface area contributed by atoms with E-state index in [4.69, 9.17) is 27.9 Å². The zero-order valence-corrected chi connectivity index (χ0v) is 74.4. The second kappa shape index (κ2) is 41.7. The van der Waals surface area contributed by atoms with E-state index in [1.54, 1.807) is 27.7 Å². The standard InChI is InChI=1S/C26H30BrClN2O.C25H28BrClN2O.C23H25BrN2O.C21H23BrN2O2/c1-18-25(19(2)31)22-10-5-11-23(27)26(22)30(18)15-7-14-29-13-6-8-20(17-29)16-21-9-3-4-12-24(21)28;1-18(30)22-17-29(25-21(22)9-4-10-23(25)26)14-6-13-28-12-5-7-19(16-28)15-20-8-2-3-11-24(20)27;1-15-22(16(2)27)20-9-5-10-21(24)23(20)26(15)12-6-11-25-19-13-17-7-3-4-8-18(17)14-19;1-16(25)19-15-24(21-18(19)9-5-10-20(21)22)13-6-11-23-12-14-26-17-7-3-2-4-8-17/h3-5,9-12,20H,6-8,13-17H2,1-2H3;2-4,8-11,17,19H,5-7,12-16H2,1H3;3-5,7-10,19,25H,6,11-14H2,1-2H3;2-5,7-10,15,23H,6,11-14H2,1H3. The Morgan fingerprint density at radius 2 is 0.851 bits per heavy atom. The number of piperidine rings is 2. The molecule has 15 rings (SSSR count). The number of aryl methyl sites for hydroxylation is 4. The molecule has 12 aromatic rings. The Morgan fingerprint density at radius 1 is 0.439 bits per heavy atom. The van der Waals surface area contributed by atoms with Crippen molar-refractivity contribution in [2.45, 2.75) is 151 Å². The highest BCUT2D eigenvalue weighted by molar-refractivity contribution is 9.11. The third-order valence-electron chi connectivity index (χ3n) is 22.7. The van der Waals surface area contributed by atoms with Crippen LogP contribution < -0.4 is 15.4 Å². The first kappa shape index (κ1) is 86.1. The fraction of sp³-hybridized carbons (Fsp3) is 0.368. The van der Waals surface area contributed by atoms with Gasteiger partial charge in [-0.05, 0) is 304 Å². The van der Waals surface area contributed by atoms with E-state index >= 15 is 0 Å². The van der Waals surface area contributed by atoms with Gasteiger partial charge in [0.15, 0.2) is 23.1 Å². The normalized spacial score (nSPS) is 15.2. The molecule has 2 atom stereocenters. The smallest absolute Gasteiger partial charge is 0.162 e. The molecular formula is C95H106Br4Cl2N8O5. The Kier molecular flexibility index (Phi) is 31.5. The first-order valence-electron chi connectivity index (χ1n) is 40.4. The van der Waals surface area contributed by atoms with Crippen molar-refractivity contribution in [2.75, 3.05) is 65.5 Å². The molecular weight excluding hydrogens is 1720 g/mol. The molecule has 0 amide bonds. The van der Waals surface area contributed by atoms with Gasteiger partial charge in [-0.1, -0.05) is 151 Å². The van der Waals surface area contributed by atoms with Gasteiger partial charge in [0.25, 0.3) is 0 Å². The lowest BCUT2D eigenvalue weighted by Gasteiger charge is -2.33. The van der Waals surface area contributed by atoms with E-state index in [1.807, 2.05) is 122 Å². The molecule has 3 aliphatic rings. The molecule has 114 heavy (non-hydrogen) atoms. The molecule has 1 aliphatic carbocycles. The average molecular weight is 1830 g/mol. The van der Waals surface area contributed by atoms with Crippen LogP contribution in [0.4, 0.5) is 0 Å². The summed E-state index contributed by atoms with van der Waals surface area (Å²) in [4.78, 5) is 53.6. The average Bonchev–Trinajstić information content (AvgIpc) is 1.63. The van der Waals surface area contributed by atoms with E-state index in [0.717, 1.165) is 234 Å². The fourth-order valence-corrected chi connectivity index (χ4v) is 20.2. The van der Waals surface area contributed by atoms with Crippen molar-refractivity contribution in [1.82, 2.24) is 38.7 Å². The third kappa shape index (κ3) is 21.9. The third-order valence-corrected chi connectivity index (χ3v) is 26.0. The topological polar surface area (TPSA) is 128 Å². The van der Waals surface area contributed by atoms with Crippen LogP contribution in [0.5, 0.6) is 5.75 Å². The molecule has 4 aromatic heterocycles. The lowest BCUT2D eigenvalue weighted by molar-refractivity contribution is 0.101. The number of hydrogen-bond donors (Lipinski definition) is 2. The first-order chi connectivity index (χ1) is 55.2. The maximum atomic E-state index is 12.3. The molecule has 0 bridgehead atoms. The minimum Gasteiger partial charge on any atom is -0.492 e. The predicted molar refractivity (Wildman–Crippen MR) is 486 cm³/mol. The number of likely N-dealkylation sites (tertiary alicyclic amines) is 2. The maximum absolute atomic E-state index is 12.3. The number of benzene rings is 8. The summed E-state index contributed by atoms with van der Waals surface area (Å²) in [5.74, 6) is 2.73. The number of hydrogen-bond acceptors (Lipinski definition) is 9. The van der Waals surface area contributed by atoms with E-state index in [1.165, 1.54) is 61.0 Å². The van der Waals surface area contributed by atoms with Gasteiger partial charge in [0.2, 0.25) is 0 Å². The molecule has 13 nitrogen and oxygen atoms in total. The number of rotatable bonds is 29. The van der Waals surface area contributed by atoms with Gasteiger partial charge >= 0.3 is 0 Å². The summed E-state index contributed by atoms with van der Waals surface area (Å²) in [6, 6.07) is 59.9. The van der Waals surface area contributed by atoms with Crippen molar-refractivity contribution in [3.63, 3.8) is 0 Å². The summed E-state index contributed by atoms with van der Waals surface area (Å²) in [5, 5.41) is 13.0. The Labute approximate surface area is 716 Å². The van der Waals surface area contributed by atoms with Crippen LogP contribution in [0.2, 0.25) is 10.0 Å². The second-order valence-corrected chi connectivity index (χ2v) is 35.1. The highest BCUT2D eigenvalue weighted by Gasteiger charge is 2.27. The van der Waals surface area contributed by atoms with Crippen LogP contribution in [0.1, 0.15) is 154 Å². The number of nitrogens with zero attached hydrogens (tertiary/aromatic N) is 6. The van der Waals surface area contributed by atoms with Gasteiger partial charge in [-0.25, -0.2) is 0 Å². The molecule has 6 heterocycles. The number of fused-ring (bicyclic) bond motifs is 5. The number of para-hydroxylation sites is 5. The molecule has 2 fully saturated rings. The minimum atomic E-state index is 0.100. The molecule has 2 aliphatic heterocycles. The molecule has 0 saturated carbocycles. The second-order valence-electron chi connectivity index (χ2n) is 30.8. The van der Waals surface area contributed by atoms with Crippen molar-refractivity contribution in [1.29, 1.82) is 0 Å². The van der Waals surface area contributed by atoms with Crippen molar-refractivity contribution in [2.24, 2.45) is 11.8 Å². The van der Waals surface area contributed by atoms with E-state index in [-0.39, 0.29) is 23.1 Å². The summed E-state index contributed by atoms with van der Waals surface area (Å²) in [6.07, 6.45) is 17.6. The Balaban J connectivity index is 0.000000141. The highest BCUT2D eigenvalue weighted by atomic mass is 79.9. The number of ketones is 4. The molecule has 2 unspecified atom stereocenters. The number of carbonyl (C=O) groups is 4. The van der Waals surface area contributed by atoms with Crippen LogP contribution in [-0.2, 0) is 51.9 Å². The van der Waals surface area contributed by atoms with Crippen LogP contribution in [-0.4, -0.2) is 123 Å². The van der Waals surface area contributed by atoms with Crippen molar-refractivity contribution >= 4 is 154 Å². The summed E-state index contributed by atoms with van der Waals surface area (Å²) >= 11 is 27.4. The summed E-state index contributed by atoms with van der Waals surface area (Å²) in [6.45, 7) is 24.5. The molecule has 19 heteroatoms. The van der Waals surface area contributed by atoms with Crippen molar-refractivity contribution in [3.05, 3.63) is 272 Å². The number of Topliss-reactive ketones (excluding diaryl/α,β-unsaturated/α-hetero) is 4. The largest absolute Gasteiger partial charge is 0.492 e. The number of carbonyl (C=O) groups excluding carboxylic acids is 4. The number of nitrogens with one attached hydrogen (secondary N) is 2. The number of aromatic nitrogens is 4. The van der Waals surface area contributed by atoms with E-state index in [9.17, 15) is 19.2 Å². The van der Waals surface area contributed by atoms with Crippen LogP contribution in [0.3, 0.4) is 0 Å². The quantitative estimate of drug-likeness (QED) is 0.0348. The maximum Gasteiger partial charge on any atom is 0.162 e. The van der Waals surface area contributed by atoms with Crippen molar-refractivity contribution in [3.8, 4) is 5.75 Å². The molecule has 598 valence electrons. The fourth-order valence-electron chi connectivity index (χ4n) is 17.4. The molecule has 0 spiro atoms. The van der Waals surface area contributed by atoms with Crippen molar-refractivity contribution < 1.29 is 23.9 Å². The predicted octanol–water partition coefficient (Wildman–Crippen LogP) is 23.2. The van der Waals surface area contributed by atoms with Crippen LogP contribution in [0.25, 0.3) is 43.6 Å². The molecule has 2 N–H and O–H groups in total. The van der Waals surface area contributed by atoms with Gasteiger partial charge in [-0.2, -0.15) is 0 Å². The summed E-state index contributed by atoms with van der Waals surface area (Å²) < 4.78 is 18.9. The first-order valence-corrected chi connectivity index (χ1v) is 44.4. The van der Waals surface area contributed by atoms with Gasteiger partial charge in [0, 0.05) is 147 Å². The molecule has 8 aromatic carbocycles. The summed E-state index contributed by atoms with van der Waals surface area (Å²) in [5.41, 5.74) is 15.4. The Hall–Kier alpha value is -7.26. The zero-order valence-electron chi connectivity index (χ0n) is 66.5. The van der Waals surface area contributed by atoms with Gasteiger partial charge < -0.3 is 43.4 Å². The van der Waals surface area contributed by atoms with Crippen LogP contribution >= 0.6 is 86.9 Å².